The van der Waals surface area contributed by atoms with Gasteiger partial charge in [0.25, 0.3) is 0 Å². The molecule has 118 valence electrons. The molecule has 0 heterocycles. The maximum absolute atomic E-state index is 13.5. The Hall–Kier alpha value is -2.19. The highest BCUT2D eigenvalue weighted by Crippen LogP contribution is 2.22. The zero-order valence-electron chi connectivity index (χ0n) is 12.0. The van der Waals surface area contributed by atoms with E-state index in [1.165, 1.54) is 32.3 Å². The minimum atomic E-state index is -3.57. The second kappa shape index (κ2) is 6.29. The van der Waals surface area contributed by atoms with E-state index in [0.717, 1.165) is 16.4 Å². The number of hydrogen-bond acceptors (Lipinski definition) is 3. The fourth-order valence-corrected chi connectivity index (χ4v) is 2.22. The van der Waals surface area contributed by atoms with Crippen molar-refractivity contribution in [2.24, 2.45) is 0 Å². The first-order chi connectivity index (χ1) is 10.3. The van der Waals surface area contributed by atoms with Crippen molar-refractivity contribution < 1.29 is 17.2 Å². The third kappa shape index (κ3) is 3.92. The summed E-state index contributed by atoms with van der Waals surface area (Å²) >= 11 is 0. The molecule has 0 aliphatic heterocycles. The molecule has 0 radical (unpaired) electrons. The molecule has 0 saturated carbocycles. The lowest BCUT2D eigenvalue weighted by molar-refractivity contribution is 0.527. The highest BCUT2D eigenvalue weighted by Gasteiger charge is 2.12. The molecule has 0 bridgehead atoms. The van der Waals surface area contributed by atoms with E-state index < -0.39 is 21.8 Å². The summed E-state index contributed by atoms with van der Waals surface area (Å²) in [5.74, 6) is -1.37. The van der Waals surface area contributed by atoms with Crippen molar-refractivity contribution >= 4 is 27.3 Å². The lowest BCUT2D eigenvalue weighted by Gasteiger charge is -2.14. The second-order valence-corrected chi connectivity index (χ2v) is 6.60. The SMILES string of the molecule is CN(C)S(=O)(=O)Nc1ccc(Nc2ccc(F)cc2F)cc1. The van der Waals surface area contributed by atoms with Crippen molar-refractivity contribution in [3.63, 3.8) is 0 Å². The van der Waals surface area contributed by atoms with Gasteiger partial charge >= 0.3 is 10.2 Å². The Bertz CT molecular complexity index is 762. The molecular formula is C14H15F2N3O2S. The normalized spacial score (nSPS) is 11.5. The standard InChI is InChI=1S/C14H15F2N3O2S/c1-19(2)22(20,21)18-12-6-4-11(5-7-12)17-14-8-3-10(15)9-13(14)16/h3-9,17-18H,1-2H3. The van der Waals surface area contributed by atoms with Crippen LogP contribution >= 0.6 is 0 Å². The molecule has 0 aliphatic rings. The lowest BCUT2D eigenvalue weighted by atomic mass is 10.2. The molecule has 0 aliphatic carbocycles. The Balaban J connectivity index is 2.12. The van der Waals surface area contributed by atoms with Gasteiger partial charge in [-0.15, -0.1) is 0 Å². The van der Waals surface area contributed by atoms with Crippen LogP contribution in [0.3, 0.4) is 0 Å². The van der Waals surface area contributed by atoms with E-state index in [1.54, 1.807) is 12.1 Å². The van der Waals surface area contributed by atoms with Gasteiger partial charge in [-0.1, -0.05) is 0 Å². The fraction of sp³-hybridized carbons (Fsp3) is 0.143. The van der Waals surface area contributed by atoms with Crippen LogP contribution in [0.4, 0.5) is 25.8 Å². The summed E-state index contributed by atoms with van der Waals surface area (Å²) in [4.78, 5) is 0. The lowest BCUT2D eigenvalue weighted by Crippen LogP contribution is -2.28. The van der Waals surface area contributed by atoms with Gasteiger partial charge in [-0.05, 0) is 36.4 Å². The quantitative estimate of drug-likeness (QED) is 0.887. The molecular weight excluding hydrogens is 312 g/mol. The number of nitrogens with zero attached hydrogens (tertiary/aromatic N) is 1. The van der Waals surface area contributed by atoms with E-state index in [1.807, 2.05) is 0 Å². The van der Waals surface area contributed by atoms with E-state index in [0.29, 0.717) is 11.4 Å². The molecule has 0 aromatic heterocycles. The van der Waals surface area contributed by atoms with Crippen LogP contribution in [0.25, 0.3) is 0 Å². The predicted octanol–water partition coefficient (Wildman–Crippen LogP) is 2.93. The third-order valence-electron chi connectivity index (χ3n) is 2.82. The second-order valence-electron chi connectivity index (χ2n) is 4.72. The summed E-state index contributed by atoms with van der Waals surface area (Å²) in [5.41, 5.74) is 1.04. The zero-order chi connectivity index (χ0) is 16.3. The fourth-order valence-electron chi connectivity index (χ4n) is 1.61. The molecule has 0 atom stereocenters. The first kappa shape index (κ1) is 16.2. The monoisotopic (exact) mass is 327 g/mol. The van der Waals surface area contributed by atoms with Gasteiger partial charge in [-0.25, -0.2) is 8.78 Å². The van der Waals surface area contributed by atoms with E-state index in [2.05, 4.69) is 10.0 Å². The Labute approximate surface area is 127 Å². The van der Waals surface area contributed by atoms with Crippen LogP contribution in [-0.2, 0) is 10.2 Å². The number of benzene rings is 2. The van der Waals surface area contributed by atoms with E-state index in [9.17, 15) is 17.2 Å². The summed E-state index contributed by atoms with van der Waals surface area (Å²) in [6.07, 6.45) is 0. The summed E-state index contributed by atoms with van der Waals surface area (Å²) in [6, 6.07) is 9.43. The molecule has 2 N–H and O–H groups in total. The van der Waals surface area contributed by atoms with Crippen molar-refractivity contribution in [1.29, 1.82) is 0 Å². The molecule has 0 spiro atoms. The van der Waals surface area contributed by atoms with Crippen LogP contribution in [0, 0.1) is 11.6 Å². The molecule has 22 heavy (non-hydrogen) atoms. The Morgan fingerprint density at radius 2 is 1.55 bits per heavy atom. The van der Waals surface area contributed by atoms with Crippen LogP contribution in [-0.4, -0.2) is 26.8 Å². The summed E-state index contributed by atoms with van der Waals surface area (Å²) in [7, 11) is -0.749. The number of anilines is 3. The molecule has 8 heteroatoms. The number of halogens is 2. The van der Waals surface area contributed by atoms with Gasteiger partial charge in [-0.2, -0.15) is 12.7 Å². The molecule has 0 saturated heterocycles. The zero-order valence-corrected chi connectivity index (χ0v) is 12.8. The van der Waals surface area contributed by atoms with Gasteiger partial charge in [0.2, 0.25) is 0 Å². The van der Waals surface area contributed by atoms with Gasteiger partial charge in [0.05, 0.1) is 5.69 Å². The molecule has 2 aromatic rings. The topological polar surface area (TPSA) is 61.4 Å². The average Bonchev–Trinajstić information content (AvgIpc) is 2.43. The largest absolute Gasteiger partial charge is 0.353 e. The molecule has 0 unspecified atom stereocenters. The van der Waals surface area contributed by atoms with Crippen LogP contribution < -0.4 is 10.0 Å². The average molecular weight is 327 g/mol. The van der Waals surface area contributed by atoms with Crippen molar-refractivity contribution in [2.45, 2.75) is 0 Å². The van der Waals surface area contributed by atoms with Gasteiger partial charge in [0.1, 0.15) is 11.6 Å². The van der Waals surface area contributed by atoms with Crippen LogP contribution in [0.1, 0.15) is 0 Å². The Morgan fingerprint density at radius 1 is 0.955 bits per heavy atom. The smallest absolute Gasteiger partial charge is 0.301 e. The first-order valence-corrected chi connectivity index (χ1v) is 7.74. The summed E-state index contributed by atoms with van der Waals surface area (Å²) in [6.45, 7) is 0. The molecule has 0 amide bonds. The van der Waals surface area contributed by atoms with Crippen molar-refractivity contribution in [1.82, 2.24) is 4.31 Å². The number of hydrogen-bond donors (Lipinski definition) is 2. The van der Waals surface area contributed by atoms with Gasteiger partial charge in [-0.3, -0.25) is 4.72 Å². The minimum absolute atomic E-state index is 0.128. The van der Waals surface area contributed by atoms with Crippen LogP contribution in [0.2, 0.25) is 0 Å². The van der Waals surface area contributed by atoms with Crippen LogP contribution in [0.5, 0.6) is 0 Å². The predicted molar refractivity (Wildman–Crippen MR) is 82.3 cm³/mol. The highest BCUT2D eigenvalue weighted by atomic mass is 32.2. The Morgan fingerprint density at radius 3 is 2.09 bits per heavy atom. The van der Waals surface area contributed by atoms with Gasteiger partial charge < -0.3 is 5.32 Å². The maximum atomic E-state index is 13.5. The van der Waals surface area contributed by atoms with Crippen molar-refractivity contribution in [3.05, 3.63) is 54.1 Å². The van der Waals surface area contributed by atoms with Gasteiger partial charge in [0.15, 0.2) is 0 Å². The van der Waals surface area contributed by atoms with E-state index in [4.69, 9.17) is 0 Å². The minimum Gasteiger partial charge on any atom is -0.353 e. The maximum Gasteiger partial charge on any atom is 0.301 e. The van der Waals surface area contributed by atoms with E-state index >= 15 is 0 Å². The van der Waals surface area contributed by atoms with Gasteiger partial charge in [0, 0.05) is 31.5 Å². The third-order valence-corrected chi connectivity index (χ3v) is 4.28. The summed E-state index contributed by atoms with van der Waals surface area (Å²) in [5, 5.41) is 2.78. The highest BCUT2D eigenvalue weighted by molar-refractivity contribution is 7.90. The van der Waals surface area contributed by atoms with Crippen molar-refractivity contribution in [2.75, 3.05) is 24.1 Å². The summed E-state index contributed by atoms with van der Waals surface area (Å²) < 4.78 is 53.1. The first-order valence-electron chi connectivity index (χ1n) is 6.30. The van der Waals surface area contributed by atoms with Crippen molar-refractivity contribution in [3.8, 4) is 0 Å². The molecule has 5 nitrogen and oxygen atoms in total. The van der Waals surface area contributed by atoms with E-state index in [-0.39, 0.29) is 5.69 Å². The van der Waals surface area contributed by atoms with Crippen LogP contribution in [0.15, 0.2) is 42.5 Å². The Kier molecular flexibility index (Phi) is 4.62. The molecule has 2 rings (SSSR count). The number of rotatable bonds is 5. The molecule has 0 fully saturated rings. The molecule has 2 aromatic carbocycles. The number of nitrogens with one attached hydrogen (secondary N) is 2.